The number of sulfonamides is 1. The number of anilines is 1. The molecule has 0 heterocycles. The predicted octanol–water partition coefficient (Wildman–Crippen LogP) is 0.856. The highest BCUT2D eigenvalue weighted by molar-refractivity contribution is 7.89. The van der Waals surface area contributed by atoms with Gasteiger partial charge in [-0.3, -0.25) is 9.59 Å². The van der Waals surface area contributed by atoms with E-state index in [9.17, 15) is 18.0 Å². The normalized spacial score (nSPS) is 12.2. The van der Waals surface area contributed by atoms with Crippen LogP contribution in [0.2, 0.25) is 0 Å². The van der Waals surface area contributed by atoms with E-state index in [2.05, 4.69) is 10.0 Å². The highest BCUT2D eigenvalue weighted by Gasteiger charge is 2.21. The molecule has 2 rings (SSSR count). The van der Waals surface area contributed by atoms with Crippen molar-refractivity contribution in [1.82, 2.24) is 4.72 Å². The standard InChI is InChI=1S/C17H19N3O5S/c1-12(20-26(23,24)15-5-3-2-4-6-15)17(22)19-13-7-9-14(10-8-13)25-11-16(18)21/h2-10,12,20H,11H2,1H3,(H2,18,21)(H,19,22)/t12-/m0/s1. The summed E-state index contributed by atoms with van der Waals surface area (Å²) in [5.41, 5.74) is 5.44. The first-order chi connectivity index (χ1) is 12.3. The van der Waals surface area contributed by atoms with Crippen LogP contribution >= 0.6 is 0 Å². The molecular weight excluding hydrogens is 358 g/mol. The third-order valence-corrected chi connectivity index (χ3v) is 4.84. The van der Waals surface area contributed by atoms with Crippen LogP contribution in [0.1, 0.15) is 6.92 Å². The summed E-state index contributed by atoms with van der Waals surface area (Å²) in [7, 11) is -3.79. The maximum absolute atomic E-state index is 12.2. The van der Waals surface area contributed by atoms with Gasteiger partial charge in [0.2, 0.25) is 15.9 Å². The largest absolute Gasteiger partial charge is 0.484 e. The molecule has 0 saturated heterocycles. The Morgan fingerprint density at radius 1 is 1.08 bits per heavy atom. The molecule has 1 atom stereocenters. The summed E-state index contributed by atoms with van der Waals surface area (Å²) in [5.74, 6) is -0.697. The van der Waals surface area contributed by atoms with Gasteiger partial charge in [-0.2, -0.15) is 4.72 Å². The van der Waals surface area contributed by atoms with Gasteiger partial charge in [-0.1, -0.05) is 18.2 Å². The number of nitrogens with one attached hydrogen (secondary N) is 2. The molecular formula is C17H19N3O5S. The molecule has 2 aromatic carbocycles. The molecule has 26 heavy (non-hydrogen) atoms. The molecule has 2 amide bonds. The molecule has 0 aliphatic carbocycles. The maximum Gasteiger partial charge on any atom is 0.255 e. The van der Waals surface area contributed by atoms with Gasteiger partial charge < -0.3 is 15.8 Å². The fraction of sp³-hybridized carbons (Fsp3) is 0.176. The number of carbonyl (C=O) groups is 2. The Kier molecular flexibility index (Phi) is 6.31. The van der Waals surface area contributed by atoms with Crippen molar-refractivity contribution in [1.29, 1.82) is 0 Å². The first-order valence-corrected chi connectivity index (χ1v) is 9.15. The number of nitrogens with two attached hydrogens (primary N) is 1. The highest BCUT2D eigenvalue weighted by Crippen LogP contribution is 2.16. The van der Waals surface area contributed by atoms with Crippen molar-refractivity contribution in [2.75, 3.05) is 11.9 Å². The lowest BCUT2D eigenvalue weighted by Crippen LogP contribution is -2.41. The van der Waals surface area contributed by atoms with Crippen LogP contribution in [0.5, 0.6) is 5.75 Å². The molecule has 0 aliphatic heterocycles. The van der Waals surface area contributed by atoms with E-state index in [1.165, 1.54) is 19.1 Å². The van der Waals surface area contributed by atoms with Crippen molar-refractivity contribution in [3.05, 3.63) is 54.6 Å². The lowest BCUT2D eigenvalue weighted by molar-refractivity contribution is -0.120. The van der Waals surface area contributed by atoms with Crippen LogP contribution in [0, 0.1) is 0 Å². The SMILES string of the molecule is C[C@H](NS(=O)(=O)c1ccccc1)C(=O)Nc1ccc(OCC(N)=O)cc1. The van der Waals surface area contributed by atoms with Crippen LogP contribution in [0.15, 0.2) is 59.5 Å². The van der Waals surface area contributed by atoms with Crippen LogP contribution in [-0.2, 0) is 19.6 Å². The molecule has 9 heteroatoms. The zero-order valence-corrected chi connectivity index (χ0v) is 14.8. The van der Waals surface area contributed by atoms with E-state index in [1.807, 2.05) is 0 Å². The first-order valence-electron chi connectivity index (χ1n) is 7.67. The fourth-order valence-electron chi connectivity index (χ4n) is 1.99. The quantitative estimate of drug-likeness (QED) is 0.628. The van der Waals surface area contributed by atoms with Crippen LogP contribution in [-0.4, -0.2) is 32.9 Å². The highest BCUT2D eigenvalue weighted by atomic mass is 32.2. The van der Waals surface area contributed by atoms with Gasteiger partial charge in [0.1, 0.15) is 5.75 Å². The van der Waals surface area contributed by atoms with Crippen molar-refractivity contribution in [3.63, 3.8) is 0 Å². The van der Waals surface area contributed by atoms with Gasteiger partial charge in [-0.15, -0.1) is 0 Å². The van der Waals surface area contributed by atoms with E-state index in [0.29, 0.717) is 11.4 Å². The van der Waals surface area contributed by atoms with E-state index >= 15 is 0 Å². The van der Waals surface area contributed by atoms with Crippen molar-refractivity contribution in [2.45, 2.75) is 17.9 Å². The number of amides is 2. The molecule has 2 aromatic rings. The van der Waals surface area contributed by atoms with Gasteiger partial charge in [-0.25, -0.2) is 8.42 Å². The molecule has 0 radical (unpaired) electrons. The van der Waals surface area contributed by atoms with E-state index in [-0.39, 0.29) is 11.5 Å². The zero-order valence-electron chi connectivity index (χ0n) is 14.0. The second-order valence-electron chi connectivity index (χ2n) is 5.42. The van der Waals surface area contributed by atoms with E-state index < -0.39 is 27.9 Å². The predicted molar refractivity (Wildman–Crippen MR) is 96.0 cm³/mol. The van der Waals surface area contributed by atoms with Crippen molar-refractivity contribution < 1.29 is 22.7 Å². The molecule has 0 unspecified atom stereocenters. The number of rotatable bonds is 8. The van der Waals surface area contributed by atoms with Crippen LogP contribution in [0.25, 0.3) is 0 Å². The summed E-state index contributed by atoms with van der Waals surface area (Å²) in [5, 5.41) is 2.59. The molecule has 0 aliphatic rings. The molecule has 4 N–H and O–H groups in total. The third-order valence-electron chi connectivity index (χ3n) is 3.28. The Labute approximate surface area is 151 Å². The summed E-state index contributed by atoms with van der Waals surface area (Å²) >= 11 is 0. The summed E-state index contributed by atoms with van der Waals surface area (Å²) in [4.78, 5) is 22.9. The average Bonchev–Trinajstić information content (AvgIpc) is 2.61. The Hall–Kier alpha value is -2.91. The minimum atomic E-state index is -3.79. The number of primary amides is 1. The molecule has 0 spiro atoms. The summed E-state index contributed by atoms with van der Waals surface area (Å²) in [6.07, 6.45) is 0. The van der Waals surface area contributed by atoms with Crippen molar-refractivity contribution in [2.24, 2.45) is 5.73 Å². The van der Waals surface area contributed by atoms with Gasteiger partial charge in [0.25, 0.3) is 5.91 Å². The molecule has 0 bridgehead atoms. The lowest BCUT2D eigenvalue weighted by atomic mass is 10.2. The van der Waals surface area contributed by atoms with Gasteiger partial charge in [0, 0.05) is 5.69 Å². The summed E-state index contributed by atoms with van der Waals surface area (Å²) in [6, 6.07) is 13.0. The van der Waals surface area contributed by atoms with Crippen LogP contribution in [0.3, 0.4) is 0 Å². The molecule has 0 fully saturated rings. The van der Waals surface area contributed by atoms with E-state index in [1.54, 1.807) is 42.5 Å². The van der Waals surface area contributed by atoms with E-state index in [0.717, 1.165) is 0 Å². The summed E-state index contributed by atoms with van der Waals surface area (Å²) in [6.45, 7) is 1.20. The smallest absolute Gasteiger partial charge is 0.255 e. The molecule has 0 saturated carbocycles. The minimum Gasteiger partial charge on any atom is -0.484 e. The van der Waals surface area contributed by atoms with Crippen LogP contribution < -0.4 is 20.5 Å². The topological polar surface area (TPSA) is 128 Å². The first kappa shape index (κ1) is 19.4. The lowest BCUT2D eigenvalue weighted by Gasteiger charge is -2.14. The zero-order chi connectivity index (χ0) is 19.2. The fourth-order valence-corrected chi connectivity index (χ4v) is 3.22. The molecule has 8 nitrogen and oxygen atoms in total. The monoisotopic (exact) mass is 377 g/mol. The third kappa shape index (κ3) is 5.57. The van der Waals surface area contributed by atoms with Crippen molar-refractivity contribution in [3.8, 4) is 5.75 Å². The van der Waals surface area contributed by atoms with E-state index in [4.69, 9.17) is 10.5 Å². The Bertz CT molecular complexity index is 867. The number of benzene rings is 2. The van der Waals surface area contributed by atoms with Gasteiger partial charge in [-0.05, 0) is 43.3 Å². The Morgan fingerprint density at radius 2 is 1.69 bits per heavy atom. The molecule has 138 valence electrons. The second-order valence-corrected chi connectivity index (χ2v) is 7.14. The van der Waals surface area contributed by atoms with Gasteiger partial charge in [0.15, 0.2) is 6.61 Å². The van der Waals surface area contributed by atoms with Gasteiger partial charge >= 0.3 is 0 Å². The second kappa shape index (κ2) is 8.45. The number of hydrogen-bond acceptors (Lipinski definition) is 5. The number of carbonyl (C=O) groups excluding carboxylic acids is 2. The van der Waals surface area contributed by atoms with Crippen LogP contribution in [0.4, 0.5) is 5.69 Å². The Morgan fingerprint density at radius 3 is 2.27 bits per heavy atom. The minimum absolute atomic E-state index is 0.0793. The number of hydrogen-bond donors (Lipinski definition) is 3. The molecule has 0 aromatic heterocycles. The Balaban J connectivity index is 1.95. The number of ether oxygens (including phenoxy) is 1. The summed E-state index contributed by atoms with van der Waals surface area (Å²) < 4.78 is 31.9. The average molecular weight is 377 g/mol. The van der Waals surface area contributed by atoms with Crippen molar-refractivity contribution >= 4 is 27.5 Å². The van der Waals surface area contributed by atoms with Gasteiger partial charge in [0.05, 0.1) is 10.9 Å². The maximum atomic E-state index is 12.2.